The molecule has 0 aliphatic carbocycles. The van der Waals surface area contributed by atoms with Crippen LogP contribution >= 0.6 is 0 Å². The lowest BCUT2D eigenvalue weighted by Crippen LogP contribution is -2.30. The zero-order valence-corrected chi connectivity index (χ0v) is 18.4. The molecule has 1 fully saturated rings. The van der Waals surface area contributed by atoms with Crippen molar-refractivity contribution in [2.45, 2.75) is 30.7 Å². The molecule has 1 aliphatic heterocycles. The number of benzene rings is 3. The van der Waals surface area contributed by atoms with Gasteiger partial charge in [0.1, 0.15) is 0 Å². The number of hydrogen-bond acceptors (Lipinski definition) is 4. The molecule has 1 atom stereocenters. The van der Waals surface area contributed by atoms with Gasteiger partial charge < -0.3 is 10.6 Å². The highest BCUT2D eigenvalue weighted by Crippen LogP contribution is 2.24. The molecule has 1 aliphatic rings. The minimum Gasteiger partial charge on any atom is -0.325 e. The molecule has 6 nitrogen and oxygen atoms in total. The van der Waals surface area contributed by atoms with Crippen LogP contribution in [0.25, 0.3) is 10.8 Å². The smallest absolute Gasteiger partial charge is 0.243 e. The summed E-state index contributed by atoms with van der Waals surface area (Å²) in [6.07, 6.45) is 1.80. The van der Waals surface area contributed by atoms with Gasteiger partial charge in [0.15, 0.2) is 0 Å². The topological polar surface area (TPSA) is 78.5 Å². The monoisotopic (exact) mass is 437 g/mol. The summed E-state index contributed by atoms with van der Waals surface area (Å²) in [5, 5.41) is 8.43. The zero-order valence-electron chi connectivity index (χ0n) is 17.5. The quantitative estimate of drug-likeness (QED) is 0.587. The number of nitrogens with one attached hydrogen (secondary N) is 2. The Balaban J connectivity index is 1.35. The molecular weight excluding hydrogens is 410 g/mol. The molecule has 2 N–H and O–H groups in total. The van der Waals surface area contributed by atoms with Crippen molar-refractivity contribution in [1.29, 1.82) is 0 Å². The van der Waals surface area contributed by atoms with Crippen molar-refractivity contribution in [1.82, 2.24) is 9.62 Å². The number of nitrogens with zero attached hydrogens (tertiary/aromatic N) is 1. The molecule has 3 aromatic rings. The predicted molar refractivity (Wildman–Crippen MR) is 123 cm³/mol. The van der Waals surface area contributed by atoms with Crippen molar-refractivity contribution in [3.05, 3.63) is 72.3 Å². The Morgan fingerprint density at radius 2 is 1.65 bits per heavy atom. The Bertz CT molecular complexity index is 1160. The lowest BCUT2D eigenvalue weighted by Gasteiger charge is -2.17. The number of sulfonamides is 1. The first kappa shape index (κ1) is 21.5. The lowest BCUT2D eigenvalue weighted by molar-refractivity contribution is -0.115. The van der Waals surface area contributed by atoms with Gasteiger partial charge in [-0.3, -0.25) is 4.79 Å². The average molecular weight is 438 g/mol. The molecule has 162 valence electrons. The van der Waals surface area contributed by atoms with Gasteiger partial charge in [0.25, 0.3) is 0 Å². The second kappa shape index (κ2) is 9.18. The van der Waals surface area contributed by atoms with E-state index in [9.17, 15) is 13.2 Å². The van der Waals surface area contributed by atoms with Crippen molar-refractivity contribution >= 4 is 32.4 Å². The fraction of sp³-hybridized carbons (Fsp3) is 0.292. The summed E-state index contributed by atoms with van der Waals surface area (Å²) in [5.41, 5.74) is 1.72. The van der Waals surface area contributed by atoms with Crippen LogP contribution in [0.1, 0.15) is 31.4 Å². The normalized spacial score (nSPS) is 15.8. The SMILES string of the molecule is C[C@@H](NCC(=O)Nc1ccc(S(=O)(=O)N2CCCC2)cc1)c1cccc2ccccc12. The van der Waals surface area contributed by atoms with Gasteiger partial charge in [-0.15, -0.1) is 0 Å². The summed E-state index contributed by atoms with van der Waals surface area (Å²) in [4.78, 5) is 12.7. The van der Waals surface area contributed by atoms with Crippen LogP contribution in [0.15, 0.2) is 71.6 Å². The van der Waals surface area contributed by atoms with Gasteiger partial charge in [-0.05, 0) is 60.4 Å². The van der Waals surface area contributed by atoms with Gasteiger partial charge in [0, 0.05) is 24.8 Å². The van der Waals surface area contributed by atoms with Crippen LogP contribution in [-0.4, -0.2) is 38.3 Å². The Hall–Kier alpha value is -2.74. The predicted octanol–water partition coefficient (Wildman–Crippen LogP) is 3.91. The number of hydrogen-bond donors (Lipinski definition) is 2. The molecule has 1 saturated heterocycles. The van der Waals surface area contributed by atoms with Crippen molar-refractivity contribution in [2.75, 3.05) is 25.0 Å². The van der Waals surface area contributed by atoms with E-state index in [1.807, 2.05) is 25.1 Å². The van der Waals surface area contributed by atoms with E-state index in [4.69, 9.17) is 0 Å². The van der Waals surface area contributed by atoms with Crippen LogP contribution in [0, 0.1) is 0 Å². The molecular formula is C24H27N3O3S. The highest BCUT2D eigenvalue weighted by atomic mass is 32.2. The maximum atomic E-state index is 12.6. The second-order valence-electron chi connectivity index (χ2n) is 7.85. The highest BCUT2D eigenvalue weighted by molar-refractivity contribution is 7.89. The number of amides is 1. The van der Waals surface area contributed by atoms with E-state index >= 15 is 0 Å². The van der Waals surface area contributed by atoms with E-state index in [1.165, 1.54) is 15.1 Å². The van der Waals surface area contributed by atoms with E-state index in [2.05, 4.69) is 34.9 Å². The summed E-state index contributed by atoms with van der Waals surface area (Å²) in [6.45, 7) is 3.33. The molecule has 7 heteroatoms. The third kappa shape index (κ3) is 4.79. The van der Waals surface area contributed by atoms with Crippen LogP contribution in [0.4, 0.5) is 5.69 Å². The lowest BCUT2D eigenvalue weighted by atomic mass is 10.00. The Labute approximate surface area is 183 Å². The minimum absolute atomic E-state index is 0.00447. The molecule has 1 amide bonds. The van der Waals surface area contributed by atoms with E-state index in [1.54, 1.807) is 24.3 Å². The summed E-state index contributed by atoms with van der Waals surface area (Å²) in [6, 6.07) is 20.7. The summed E-state index contributed by atoms with van der Waals surface area (Å²) < 4.78 is 26.7. The molecule has 0 bridgehead atoms. The fourth-order valence-corrected chi connectivity index (χ4v) is 5.49. The molecule has 0 unspecified atom stereocenters. The summed E-state index contributed by atoms with van der Waals surface area (Å²) in [7, 11) is -3.45. The maximum absolute atomic E-state index is 12.6. The van der Waals surface area contributed by atoms with Crippen LogP contribution in [-0.2, 0) is 14.8 Å². The fourth-order valence-electron chi connectivity index (χ4n) is 3.98. The van der Waals surface area contributed by atoms with Crippen LogP contribution < -0.4 is 10.6 Å². The van der Waals surface area contributed by atoms with Crippen molar-refractivity contribution in [2.24, 2.45) is 0 Å². The molecule has 1 heterocycles. The Morgan fingerprint density at radius 3 is 2.39 bits per heavy atom. The van der Waals surface area contributed by atoms with Crippen LogP contribution in [0.2, 0.25) is 0 Å². The largest absolute Gasteiger partial charge is 0.325 e. The molecule has 4 rings (SSSR count). The maximum Gasteiger partial charge on any atom is 0.243 e. The number of fused-ring (bicyclic) bond motifs is 1. The van der Waals surface area contributed by atoms with Gasteiger partial charge >= 0.3 is 0 Å². The average Bonchev–Trinajstić information content (AvgIpc) is 3.33. The molecule has 31 heavy (non-hydrogen) atoms. The highest BCUT2D eigenvalue weighted by Gasteiger charge is 2.26. The molecule has 0 spiro atoms. The molecule has 0 aromatic heterocycles. The van der Waals surface area contributed by atoms with Gasteiger partial charge in [0.05, 0.1) is 11.4 Å². The van der Waals surface area contributed by atoms with Crippen molar-refractivity contribution < 1.29 is 13.2 Å². The van der Waals surface area contributed by atoms with Crippen molar-refractivity contribution in [3.63, 3.8) is 0 Å². The third-order valence-electron chi connectivity index (χ3n) is 5.70. The van der Waals surface area contributed by atoms with Gasteiger partial charge in [-0.2, -0.15) is 4.31 Å². The number of carbonyl (C=O) groups excluding carboxylic acids is 1. The zero-order chi connectivity index (χ0) is 21.8. The van der Waals surface area contributed by atoms with Crippen LogP contribution in [0.3, 0.4) is 0 Å². The first-order chi connectivity index (χ1) is 14.9. The Morgan fingerprint density at radius 1 is 0.968 bits per heavy atom. The van der Waals surface area contributed by atoms with Gasteiger partial charge in [0.2, 0.25) is 15.9 Å². The summed E-state index contributed by atoms with van der Waals surface area (Å²) >= 11 is 0. The number of anilines is 1. The standard InChI is InChI=1S/C24H27N3O3S/c1-18(22-10-6-8-19-7-2-3-9-23(19)22)25-17-24(28)26-20-11-13-21(14-12-20)31(29,30)27-15-4-5-16-27/h2-3,6-14,18,25H,4-5,15-17H2,1H3,(H,26,28)/t18-/m1/s1. The van der Waals surface area contributed by atoms with Crippen LogP contribution in [0.5, 0.6) is 0 Å². The Kier molecular flexibility index (Phi) is 6.36. The molecule has 0 saturated carbocycles. The second-order valence-corrected chi connectivity index (χ2v) is 9.79. The van der Waals surface area contributed by atoms with E-state index in [0.29, 0.717) is 18.8 Å². The molecule has 3 aromatic carbocycles. The number of carbonyl (C=O) groups is 1. The summed E-state index contributed by atoms with van der Waals surface area (Å²) in [5.74, 6) is -0.178. The van der Waals surface area contributed by atoms with Gasteiger partial charge in [-0.1, -0.05) is 42.5 Å². The third-order valence-corrected chi connectivity index (χ3v) is 7.61. The van der Waals surface area contributed by atoms with E-state index in [-0.39, 0.29) is 23.4 Å². The number of rotatable bonds is 7. The minimum atomic E-state index is -3.45. The first-order valence-electron chi connectivity index (χ1n) is 10.6. The van der Waals surface area contributed by atoms with E-state index in [0.717, 1.165) is 18.4 Å². The van der Waals surface area contributed by atoms with Gasteiger partial charge in [-0.25, -0.2) is 8.42 Å². The first-order valence-corrected chi connectivity index (χ1v) is 12.0. The van der Waals surface area contributed by atoms with Crippen molar-refractivity contribution in [3.8, 4) is 0 Å². The molecule has 0 radical (unpaired) electrons. The van der Waals surface area contributed by atoms with E-state index < -0.39 is 10.0 Å².